The highest BCUT2D eigenvalue weighted by Gasteiger charge is 2.31. The first-order chi connectivity index (χ1) is 4.38. The third-order valence-corrected chi connectivity index (χ3v) is 2.56. The van der Waals surface area contributed by atoms with Gasteiger partial charge in [0.1, 0.15) is 0 Å². The van der Waals surface area contributed by atoms with E-state index in [0.29, 0.717) is 0 Å². The van der Waals surface area contributed by atoms with E-state index >= 15 is 0 Å². The molecule has 0 aliphatic carbocycles. The van der Waals surface area contributed by atoms with Crippen LogP contribution in [0, 0.1) is 0 Å². The van der Waals surface area contributed by atoms with E-state index in [0.717, 1.165) is 6.04 Å². The SMILES string of the molecule is C=C1CCN2CCCC12. The zero-order valence-corrected chi connectivity index (χ0v) is 5.77. The third-order valence-electron chi connectivity index (χ3n) is 2.56. The molecule has 0 spiro atoms. The monoisotopic (exact) mass is 123 g/mol. The lowest BCUT2D eigenvalue weighted by molar-refractivity contribution is 0.338. The molecule has 2 aliphatic rings. The summed E-state index contributed by atoms with van der Waals surface area (Å²) >= 11 is 0. The van der Waals surface area contributed by atoms with Gasteiger partial charge in [-0.15, -0.1) is 0 Å². The average Bonchev–Trinajstić information content (AvgIpc) is 2.35. The molecule has 0 aromatic heterocycles. The van der Waals surface area contributed by atoms with E-state index in [1.165, 1.54) is 37.9 Å². The van der Waals surface area contributed by atoms with E-state index in [2.05, 4.69) is 11.5 Å². The Morgan fingerprint density at radius 3 is 3.11 bits per heavy atom. The lowest BCUT2D eigenvalue weighted by atomic mass is 10.1. The predicted molar refractivity (Wildman–Crippen MR) is 38.4 cm³/mol. The zero-order chi connectivity index (χ0) is 6.27. The van der Waals surface area contributed by atoms with Crippen molar-refractivity contribution in [3.8, 4) is 0 Å². The number of hydrogen-bond acceptors (Lipinski definition) is 1. The topological polar surface area (TPSA) is 3.24 Å². The summed E-state index contributed by atoms with van der Waals surface area (Å²) < 4.78 is 0. The molecule has 2 rings (SSSR count). The molecule has 0 aromatic rings. The molecule has 1 heteroatoms. The van der Waals surface area contributed by atoms with Crippen LogP contribution < -0.4 is 0 Å². The molecule has 2 aliphatic heterocycles. The van der Waals surface area contributed by atoms with Crippen molar-refractivity contribution < 1.29 is 0 Å². The highest BCUT2D eigenvalue weighted by atomic mass is 15.2. The minimum Gasteiger partial charge on any atom is -0.296 e. The number of hydrogen-bond donors (Lipinski definition) is 0. The first-order valence-corrected chi connectivity index (χ1v) is 3.79. The summed E-state index contributed by atoms with van der Waals surface area (Å²) in [6.07, 6.45) is 4.02. The van der Waals surface area contributed by atoms with Crippen molar-refractivity contribution in [1.82, 2.24) is 4.90 Å². The summed E-state index contributed by atoms with van der Waals surface area (Å²) in [7, 11) is 0. The summed E-state index contributed by atoms with van der Waals surface area (Å²) in [6, 6.07) is 0.782. The first kappa shape index (κ1) is 5.48. The van der Waals surface area contributed by atoms with Crippen molar-refractivity contribution in [2.45, 2.75) is 25.3 Å². The molecular weight excluding hydrogens is 110 g/mol. The summed E-state index contributed by atoms with van der Waals surface area (Å²) in [6.45, 7) is 6.66. The second-order valence-electron chi connectivity index (χ2n) is 3.10. The van der Waals surface area contributed by atoms with Gasteiger partial charge in [0.15, 0.2) is 0 Å². The zero-order valence-electron chi connectivity index (χ0n) is 5.77. The van der Waals surface area contributed by atoms with E-state index < -0.39 is 0 Å². The lowest BCUT2D eigenvalue weighted by Gasteiger charge is -2.12. The molecule has 2 heterocycles. The Labute approximate surface area is 56.4 Å². The highest BCUT2D eigenvalue weighted by molar-refractivity contribution is 5.13. The number of fused-ring (bicyclic) bond motifs is 1. The van der Waals surface area contributed by atoms with Crippen molar-refractivity contribution in [1.29, 1.82) is 0 Å². The van der Waals surface area contributed by atoms with Crippen LogP contribution in [0.4, 0.5) is 0 Å². The molecule has 0 aromatic carbocycles. The predicted octanol–water partition coefficient (Wildman–Crippen LogP) is 1.41. The van der Waals surface area contributed by atoms with Gasteiger partial charge in [0.05, 0.1) is 0 Å². The molecule has 1 unspecified atom stereocenters. The average molecular weight is 123 g/mol. The second kappa shape index (κ2) is 1.84. The maximum Gasteiger partial charge on any atom is 0.0306 e. The fraction of sp³-hybridized carbons (Fsp3) is 0.750. The molecule has 0 bridgehead atoms. The summed E-state index contributed by atoms with van der Waals surface area (Å²) in [4.78, 5) is 2.56. The Kier molecular flexibility index (Phi) is 1.12. The van der Waals surface area contributed by atoms with Gasteiger partial charge in [-0.25, -0.2) is 0 Å². The fourth-order valence-electron chi connectivity index (χ4n) is 2.01. The van der Waals surface area contributed by atoms with Crippen LogP contribution in [0.1, 0.15) is 19.3 Å². The fourth-order valence-corrected chi connectivity index (χ4v) is 2.01. The van der Waals surface area contributed by atoms with Gasteiger partial charge in [-0.3, -0.25) is 4.90 Å². The van der Waals surface area contributed by atoms with Crippen molar-refractivity contribution >= 4 is 0 Å². The van der Waals surface area contributed by atoms with Crippen molar-refractivity contribution in [3.05, 3.63) is 12.2 Å². The van der Waals surface area contributed by atoms with Gasteiger partial charge < -0.3 is 0 Å². The Morgan fingerprint density at radius 1 is 1.44 bits per heavy atom. The molecule has 9 heavy (non-hydrogen) atoms. The van der Waals surface area contributed by atoms with Gasteiger partial charge in [0.2, 0.25) is 0 Å². The highest BCUT2D eigenvalue weighted by Crippen LogP contribution is 2.30. The van der Waals surface area contributed by atoms with Crippen LogP contribution in [0.3, 0.4) is 0 Å². The van der Waals surface area contributed by atoms with Crippen LogP contribution >= 0.6 is 0 Å². The Balaban J connectivity index is 2.15. The molecule has 2 fully saturated rings. The van der Waals surface area contributed by atoms with Gasteiger partial charge in [0, 0.05) is 12.6 Å². The quantitative estimate of drug-likeness (QED) is 0.440. The minimum absolute atomic E-state index is 0.782. The normalized spacial score (nSPS) is 35.6. The molecule has 2 saturated heterocycles. The van der Waals surface area contributed by atoms with E-state index in [4.69, 9.17) is 0 Å². The molecule has 50 valence electrons. The summed E-state index contributed by atoms with van der Waals surface area (Å²) in [5.74, 6) is 0. The van der Waals surface area contributed by atoms with Crippen molar-refractivity contribution in [3.63, 3.8) is 0 Å². The molecule has 0 radical (unpaired) electrons. The Bertz CT molecular complexity index is 140. The van der Waals surface area contributed by atoms with Crippen LogP contribution in [-0.2, 0) is 0 Å². The van der Waals surface area contributed by atoms with Crippen LogP contribution in [-0.4, -0.2) is 24.0 Å². The molecule has 1 atom stereocenters. The van der Waals surface area contributed by atoms with Crippen LogP contribution in [0.25, 0.3) is 0 Å². The van der Waals surface area contributed by atoms with Crippen LogP contribution in [0.15, 0.2) is 12.2 Å². The molecular formula is C8H13N. The van der Waals surface area contributed by atoms with Crippen molar-refractivity contribution in [2.75, 3.05) is 13.1 Å². The Morgan fingerprint density at radius 2 is 2.33 bits per heavy atom. The van der Waals surface area contributed by atoms with Gasteiger partial charge in [0.25, 0.3) is 0 Å². The maximum atomic E-state index is 4.06. The first-order valence-electron chi connectivity index (χ1n) is 3.79. The number of nitrogens with zero attached hydrogens (tertiary/aromatic N) is 1. The van der Waals surface area contributed by atoms with E-state index in [9.17, 15) is 0 Å². The lowest BCUT2D eigenvalue weighted by Crippen LogP contribution is -2.22. The van der Waals surface area contributed by atoms with E-state index in [-0.39, 0.29) is 0 Å². The standard InChI is InChI=1S/C8H13N/c1-7-4-6-9-5-2-3-8(7)9/h8H,1-6H2. The smallest absolute Gasteiger partial charge is 0.0306 e. The molecule has 1 nitrogen and oxygen atoms in total. The van der Waals surface area contributed by atoms with E-state index in [1.54, 1.807) is 0 Å². The maximum absolute atomic E-state index is 4.06. The molecule has 0 amide bonds. The second-order valence-corrected chi connectivity index (χ2v) is 3.10. The summed E-state index contributed by atoms with van der Waals surface area (Å²) in [5.41, 5.74) is 1.48. The number of rotatable bonds is 0. The van der Waals surface area contributed by atoms with Crippen LogP contribution in [0.5, 0.6) is 0 Å². The van der Waals surface area contributed by atoms with E-state index in [1.807, 2.05) is 0 Å². The Hall–Kier alpha value is -0.300. The summed E-state index contributed by atoms with van der Waals surface area (Å²) in [5, 5.41) is 0. The van der Waals surface area contributed by atoms with Gasteiger partial charge in [-0.2, -0.15) is 0 Å². The van der Waals surface area contributed by atoms with Crippen molar-refractivity contribution in [2.24, 2.45) is 0 Å². The third kappa shape index (κ3) is 0.715. The van der Waals surface area contributed by atoms with Gasteiger partial charge in [-0.1, -0.05) is 12.2 Å². The molecule has 0 saturated carbocycles. The minimum atomic E-state index is 0.782. The van der Waals surface area contributed by atoms with Gasteiger partial charge in [-0.05, 0) is 25.8 Å². The largest absolute Gasteiger partial charge is 0.296 e. The van der Waals surface area contributed by atoms with Crippen LogP contribution in [0.2, 0.25) is 0 Å². The molecule has 0 N–H and O–H groups in total. The van der Waals surface area contributed by atoms with Gasteiger partial charge >= 0.3 is 0 Å².